The molecule has 1 aromatic heterocycles. The van der Waals surface area contributed by atoms with E-state index in [1.165, 1.54) is 62.5 Å². The van der Waals surface area contributed by atoms with Gasteiger partial charge in [0.1, 0.15) is 55.4 Å². The highest BCUT2D eigenvalue weighted by Crippen LogP contribution is 2.45. The van der Waals surface area contributed by atoms with Crippen LogP contribution >= 0.6 is 46.4 Å². The molecule has 4 aliphatic heterocycles. The van der Waals surface area contributed by atoms with E-state index in [4.69, 9.17) is 60.6 Å². The van der Waals surface area contributed by atoms with E-state index in [2.05, 4.69) is 26.6 Å². The second-order valence-electron chi connectivity index (χ2n) is 24.0. The third-order valence-corrected chi connectivity index (χ3v) is 23.8. The summed E-state index contributed by atoms with van der Waals surface area (Å²) < 4.78 is 18.9. The summed E-state index contributed by atoms with van der Waals surface area (Å²) in [7, 11) is -0.416. The molecule has 11 rings (SSSR count). The molecular formula is C67H69Cl4N7O15Si. The van der Waals surface area contributed by atoms with Crippen LogP contribution in [0.2, 0.25) is 38.2 Å². The van der Waals surface area contributed by atoms with Gasteiger partial charge in [-0.2, -0.15) is 0 Å². The third-order valence-electron chi connectivity index (χ3n) is 17.1. The van der Waals surface area contributed by atoms with Gasteiger partial charge in [-0.15, -0.1) is 0 Å². The summed E-state index contributed by atoms with van der Waals surface area (Å²) in [4.78, 5) is 121. The lowest BCUT2D eigenvalue weighted by molar-refractivity contribution is -0.147. The molecule has 0 spiro atoms. The first kappa shape index (κ1) is 69.3. The number of carbonyl (C=O) groups excluding carboxylic acids is 8. The summed E-state index contributed by atoms with van der Waals surface area (Å²) in [5.74, 6) is -8.65. The topological polar surface area (TPSA) is 313 Å². The number of methoxy groups -OCH3 is 1. The standard InChI is InChI=1S/C67H69Cl4N7O15Si/c1-10-94(11-2,12-3)64-43-31-48(72-66(90)93-67(5,6)7)59(84)73-53(37-25-44(68)57(82)45(69)26-37)61(86)74-52-36-24-42(35-17-22-41(43)49(29-35)78(64)32(4)79)56(81)51(30-36)92-40-20-13-33(14-21-40)23-50(60(85)76-55(65(89)91-9)34-15-18-39(80)19-16-34)77(8)63(88)54(75-62(52)87)38-27-46(70)58(83)47(71)28-38/h13-22,24-30,48,50,52-55,80-83H,10-12,23,31H2,1-9H3,(H,72,90)(H,73,84)(H,74,86)(H,75,87)(H,76,85)/t48-,50+,52?,53-,54?,55-/m1/s1. The fraction of sp³-hybridized carbons (Fsp3) is 0.313. The number of fused-ring (bicyclic) bond motifs is 15. The molecule has 494 valence electrons. The molecule has 6 atom stereocenters. The predicted octanol–water partition coefficient (Wildman–Crippen LogP) is 10.6. The number of hydrogen-bond acceptors (Lipinski definition) is 15. The average Bonchev–Trinajstić information content (AvgIpc) is 1.56. The zero-order valence-electron chi connectivity index (χ0n) is 52.5. The first-order valence-electron chi connectivity index (χ1n) is 29.9. The van der Waals surface area contributed by atoms with Crippen molar-refractivity contribution in [3.63, 3.8) is 0 Å². The van der Waals surface area contributed by atoms with Gasteiger partial charge in [0.25, 0.3) is 0 Å². The number of hydrogen-bond donors (Lipinski definition) is 9. The summed E-state index contributed by atoms with van der Waals surface area (Å²) in [6, 6.07) is 15.1. The number of esters is 1. The number of aromatic nitrogens is 1. The molecule has 22 nitrogen and oxygen atoms in total. The minimum absolute atomic E-state index is 0.00189. The van der Waals surface area contributed by atoms with Crippen LogP contribution in [0, 0.1) is 0 Å². The van der Waals surface area contributed by atoms with Crippen LogP contribution in [-0.2, 0) is 51.1 Å². The van der Waals surface area contributed by atoms with E-state index in [9.17, 15) is 39.6 Å². The first-order valence-corrected chi connectivity index (χ1v) is 34.1. The van der Waals surface area contributed by atoms with Crippen molar-refractivity contribution < 1.29 is 73.0 Å². The van der Waals surface area contributed by atoms with Gasteiger partial charge in [0.2, 0.25) is 35.4 Å². The highest BCUT2D eigenvalue weighted by Gasteiger charge is 2.43. The lowest BCUT2D eigenvalue weighted by Crippen LogP contribution is -2.55. The number of amides is 6. The van der Waals surface area contributed by atoms with E-state index >= 15 is 19.2 Å². The van der Waals surface area contributed by atoms with Gasteiger partial charge in [0.15, 0.2) is 29.0 Å². The normalized spacial score (nSPS) is 18.3. The summed E-state index contributed by atoms with van der Waals surface area (Å²) in [5, 5.41) is 57.8. The minimum Gasteiger partial charge on any atom is -0.508 e. The Hall–Kier alpha value is -9.00. The first-order chi connectivity index (χ1) is 44.4. The Labute approximate surface area is 561 Å². The van der Waals surface area contributed by atoms with Crippen LogP contribution in [0.5, 0.6) is 34.5 Å². The molecule has 4 aliphatic rings. The zero-order chi connectivity index (χ0) is 68.6. The van der Waals surface area contributed by atoms with Crippen LogP contribution in [0.15, 0.2) is 103 Å². The maximum absolute atomic E-state index is 16.0. The lowest BCUT2D eigenvalue weighted by atomic mass is 9.94. The molecule has 6 amide bonds. The second kappa shape index (κ2) is 27.9. The number of carbonyl (C=O) groups is 8. The van der Waals surface area contributed by atoms with Crippen molar-refractivity contribution >= 4 is 118 Å². The van der Waals surface area contributed by atoms with E-state index in [0.717, 1.165) is 36.3 Å². The van der Waals surface area contributed by atoms with Crippen molar-refractivity contribution in [2.24, 2.45) is 0 Å². The van der Waals surface area contributed by atoms with Crippen LogP contribution in [-0.4, -0.2) is 117 Å². The SMILES string of the molecule is CC[Si](CC)(CC)c1c2c3ccc(cc3n1C(C)=O)-c1cc3cc(c1O)Oc1ccc(cc1)C[C@@H](C(=O)N[C@@H](C(=O)OC)c1ccc(O)cc1)N(C)C(=O)C(c1cc(Cl)c(O)c(Cl)c1)NC(=O)C3NC(=O)[C@@H](c1cc(Cl)c(O)c(Cl)c1)NC(=O)[C@H](NC(=O)OC(C)(C)C)C2. The molecule has 0 radical (unpaired) electrons. The van der Waals surface area contributed by atoms with E-state index < -0.39 is 115 Å². The Morgan fingerprint density at radius 3 is 1.76 bits per heavy atom. The number of aromatic hydroxyl groups is 4. The van der Waals surface area contributed by atoms with E-state index in [-0.39, 0.29) is 83.6 Å². The van der Waals surface area contributed by atoms with Crippen molar-refractivity contribution in [1.29, 1.82) is 0 Å². The van der Waals surface area contributed by atoms with Gasteiger partial charge in [-0.25, -0.2) is 9.59 Å². The Kier molecular flexibility index (Phi) is 20.6. The molecule has 7 aromatic rings. The van der Waals surface area contributed by atoms with Crippen molar-refractivity contribution in [1.82, 2.24) is 36.1 Å². The summed E-state index contributed by atoms with van der Waals surface area (Å²) in [6.45, 7) is 12.4. The maximum Gasteiger partial charge on any atom is 0.408 e. The Morgan fingerprint density at radius 2 is 1.22 bits per heavy atom. The zero-order valence-corrected chi connectivity index (χ0v) is 56.5. The minimum atomic E-state index is -2.77. The Morgan fingerprint density at radius 1 is 0.691 bits per heavy atom. The van der Waals surface area contributed by atoms with Crippen LogP contribution in [0.3, 0.4) is 0 Å². The number of phenols is 4. The Balaban J connectivity index is 1.33. The number of halogens is 4. The van der Waals surface area contributed by atoms with Crippen LogP contribution in [0.25, 0.3) is 22.0 Å². The molecule has 0 fully saturated rings. The van der Waals surface area contributed by atoms with E-state index in [1.54, 1.807) is 55.7 Å². The molecule has 9 N–H and O–H groups in total. The largest absolute Gasteiger partial charge is 0.508 e. The van der Waals surface area contributed by atoms with Crippen molar-refractivity contribution in [2.45, 2.75) is 121 Å². The molecule has 27 heteroatoms. The number of likely N-dealkylation sites (N-methyl/N-ethyl adjacent to an activating group) is 1. The monoisotopic (exact) mass is 1380 g/mol. The Bertz CT molecular complexity index is 4140. The van der Waals surface area contributed by atoms with Crippen LogP contribution < -0.4 is 36.6 Å². The lowest BCUT2D eigenvalue weighted by Gasteiger charge is -2.33. The molecule has 0 saturated carbocycles. The summed E-state index contributed by atoms with van der Waals surface area (Å²) >= 11 is 26.3. The number of nitrogens with zero attached hydrogens (tertiary/aromatic N) is 2. The number of phenolic OH excluding ortho intramolecular Hbond substituents is 4. The van der Waals surface area contributed by atoms with Gasteiger partial charge < -0.3 is 66.1 Å². The highest BCUT2D eigenvalue weighted by atomic mass is 35.5. The maximum atomic E-state index is 16.0. The van der Waals surface area contributed by atoms with Gasteiger partial charge in [-0.05, 0) is 126 Å². The quantitative estimate of drug-likeness (QED) is 0.0430. The van der Waals surface area contributed by atoms with Crippen molar-refractivity contribution in [2.75, 3.05) is 14.2 Å². The van der Waals surface area contributed by atoms with Crippen LogP contribution in [0.4, 0.5) is 4.79 Å². The molecule has 6 aromatic carbocycles. The number of nitrogens with one attached hydrogen (secondary N) is 5. The fourth-order valence-corrected chi connectivity index (χ4v) is 17.2. The molecule has 9 bridgehead atoms. The van der Waals surface area contributed by atoms with E-state index in [0.29, 0.717) is 45.5 Å². The van der Waals surface area contributed by atoms with Gasteiger partial charge >= 0.3 is 12.1 Å². The third kappa shape index (κ3) is 14.2. The van der Waals surface area contributed by atoms with Crippen molar-refractivity contribution in [3.8, 4) is 45.6 Å². The van der Waals surface area contributed by atoms with Gasteiger partial charge in [-0.3, -0.25) is 33.3 Å². The van der Waals surface area contributed by atoms with E-state index in [1.807, 2.05) is 20.8 Å². The summed E-state index contributed by atoms with van der Waals surface area (Å²) in [6.07, 6.45) is -1.59. The van der Waals surface area contributed by atoms with Gasteiger partial charge in [0.05, 0.1) is 32.7 Å². The van der Waals surface area contributed by atoms with Gasteiger partial charge in [0, 0.05) is 43.1 Å². The second-order valence-corrected chi connectivity index (χ2v) is 30.8. The molecule has 0 aliphatic carbocycles. The molecule has 94 heavy (non-hydrogen) atoms. The molecular weight excluding hydrogens is 1310 g/mol. The average molecular weight is 1380 g/mol. The molecule has 2 unspecified atom stereocenters. The van der Waals surface area contributed by atoms with Gasteiger partial charge in [-0.1, -0.05) is 122 Å². The number of benzene rings is 6. The number of rotatable bonds is 11. The predicted molar refractivity (Wildman–Crippen MR) is 356 cm³/mol. The van der Waals surface area contributed by atoms with Crippen molar-refractivity contribution in [3.05, 3.63) is 157 Å². The summed E-state index contributed by atoms with van der Waals surface area (Å²) in [5.41, 5.74) is 0.222. The highest BCUT2D eigenvalue weighted by molar-refractivity contribution is 6.92. The smallest absolute Gasteiger partial charge is 0.408 e. The molecule has 5 heterocycles. The number of ether oxygens (including phenoxy) is 3. The molecule has 0 saturated heterocycles. The van der Waals surface area contributed by atoms with Crippen LogP contribution in [0.1, 0.15) is 111 Å². The number of alkyl carbamates (subject to hydrolysis) is 1. The fourth-order valence-electron chi connectivity index (χ4n) is 12.0.